The maximum atomic E-state index is 13.6. The van der Waals surface area contributed by atoms with E-state index in [1.165, 1.54) is 12.3 Å². The van der Waals surface area contributed by atoms with Gasteiger partial charge in [0.1, 0.15) is 11.6 Å². The SMILES string of the molecule is OC(CC1CCOc2ccccc21)c1ccncc1F. The first-order valence-electron chi connectivity index (χ1n) is 6.75. The van der Waals surface area contributed by atoms with Gasteiger partial charge in [0.25, 0.3) is 0 Å². The van der Waals surface area contributed by atoms with Gasteiger partial charge in [-0.1, -0.05) is 18.2 Å². The van der Waals surface area contributed by atoms with Crippen LogP contribution in [0.25, 0.3) is 0 Å². The molecule has 104 valence electrons. The summed E-state index contributed by atoms with van der Waals surface area (Å²) in [6, 6.07) is 9.36. The summed E-state index contributed by atoms with van der Waals surface area (Å²) in [7, 11) is 0. The molecule has 1 aliphatic rings. The fourth-order valence-electron chi connectivity index (χ4n) is 2.71. The lowest BCUT2D eigenvalue weighted by Crippen LogP contribution is -2.17. The van der Waals surface area contributed by atoms with Gasteiger partial charge in [0.05, 0.1) is 18.9 Å². The van der Waals surface area contributed by atoms with E-state index in [1.807, 2.05) is 24.3 Å². The molecule has 3 rings (SSSR count). The van der Waals surface area contributed by atoms with Gasteiger partial charge in [-0.15, -0.1) is 0 Å². The van der Waals surface area contributed by atoms with Gasteiger partial charge >= 0.3 is 0 Å². The van der Waals surface area contributed by atoms with E-state index in [9.17, 15) is 9.50 Å². The zero-order valence-electron chi connectivity index (χ0n) is 11.0. The van der Waals surface area contributed by atoms with E-state index in [0.29, 0.717) is 18.6 Å². The summed E-state index contributed by atoms with van der Waals surface area (Å²) in [5.74, 6) is 0.592. The summed E-state index contributed by atoms with van der Waals surface area (Å²) in [6.45, 7) is 0.632. The Labute approximate surface area is 117 Å². The number of aliphatic hydroxyl groups is 1. The van der Waals surface area contributed by atoms with Crippen molar-refractivity contribution in [3.05, 3.63) is 59.7 Å². The highest BCUT2D eigenvalue weighted by Gasteiger charge is 2.25. The van der Waals surface area contributed by atoms with Gasteiger partial charge in [-0.3, -0.25) is 4.98 Å². The minimum atomic E-state index is -0.825. The molecule has 2 unspecified atom stereocenters. The van der Waals surface area contributed by atoms with E-state index >= 15 is 0 Å². The highest BCUT2D eigenvalue weighted by atomic mass is 19.1. The van der Waals surface area contributed by atoms with Crippen LogP contribution in [0.3, 0.4) is 0 Å². The fraction of sp³-hybridized carbons (Fsp3) is 0.312. The molecule has 2 atom stereocenters. The lowest BCUT2D eigenvalue weighted by molar-refractivity contribution is 0.141. The summed E-state index contributed by atoms with van der Waals surface area (Å²) < 4.78 is 19.2. The third-order valence-corrected chi connectivity index (χ3v) is 3.75. The van der Waals surface area contributed by atoms with Gasteiger partial charge in [-0.25, -0.2) is 4.39 Å². The minimum Gasteiger partial charge on any atom is -0.493 e. The van der Waals surface area contributed by atoms with Crippen molar-refractivity contribution in [2.45, 2.75) is 24.9 Å². The quantitative estimate of drug-likeness (QED) is 0.933. The molecular weight excluding hydrogens is 257 g/mol. The molecule has 2 aromatic rings. The van der Waals surface area contributed by atoms with E-state index in [-0.39, 0.29) is 5.92 Å². The third-order valence-electron chi connectivity index (χ3n) is 3.75. The van der Waals surface area contributed by atoms with Crippen molar-refractivity contribution < 1.29 is 14.2 Å². The number of halogens is 1. The Morgan fingerprint density at radius 1 is 1.35 bits per heavy atom. The molecule has 1 N–H and O–H groups in total. The first-order valence-corrected chi connectivity index (χ1v) is 6.75. The van der Waals surface area contributed by atoms with Crippen molar-refractivity contribution in [2.75, 3.05) is 6.61 Å². The molecule has 20 heavy (non-hydrogen) atoms. The lowest BCUT2D eigenvalue weighted by Gasteiger charge is -2.27. The normalized spacial score (nSPS) is 19.0. The molecule has 0 amide bonds. The van der Waals surface area contributed by atoms with Crippen LogP contribution in [0.1, 0.15) is 36.0 Å². The van der Waals surface area contributed by atoms with Gasteiger partial charge in [0.2, 0.25) is 0 Å². The Bertz CT molecular complexity index is 603. The number of aliphatic hydroxyl groups excluding tert-OH is 1. The van der Waals surface area contributed by atoms with Gasteiger partial charge < -0.3 is 9.84 Å². The number of nitrogens with zero attached hydrogens (tertiary/aromatic N) is 1. The molecule has 0 bridgehead atoms. The van der Waals surface area contributed by atoms with Crippen LogP contribution >= 0.6 is 0 Å². The molecule has 4 heteroatoms. The Hall–Kier alpha value is -1.94. The molecule has 0 saturated heterocycles. The number of rotatable bonds is 3. The van der Waals surface area contributed by atoms with Crippen LogP contribution in [0.5, 0.6) is 5.75 Å². The topological polar surface area (TPSA) is 42.4 Å². The zero-order valence-corrected chi connectivity index (χ0v) is 11.0. The highest BCUT2D eigenvalue weighted by molar-refractivity contribution is 5.38. The van der Waals surface area contributed by atoms with Crippen LogP contribution in [0.4, 0.5) is 4.39 Å². The molecule has 3 nitrogen and oxygen atoms in total. The molecule has 0 fully saturated rings. The number of pyridine rings is 1. The van der Waals surface area contributed by atoms with Crippen molar-refractivity contribution >= 4 is 0 Å². The Morgan fingerprint density at radius 3 is 3.05 bits per heavy atom. The standard InChI is InChI=1S/C16H16FNO2/c17-14-10-18-7-5-13(14)15(19)9-11-6-8-20-16-4-2-1-3-12(11)16/h1-5,7,10-11,15,19H,6,8-9H2. The maximum Gasteiger partial charge on any atom is 0.147 e. The number of fused-ring (bicyclic) bond motifs is 1. The molecular formula is C16H16FNO2. The summed E-state index contributed by atoms with van der Waals surface area (Å²) in [4.78, 5) is 3.70. The molecule has 1 aliphatic heterocycles. The first kappa shape index (κ1) is 13.1. The smallest absolute Gasteiger partial charge is 0.147 e. The predicted octanol–water partition coefficient (Wildman–Crippen LogP) is 3.21. The number of ether oxygens (including phenoxy) is 1. The van der Waals surface area contributed by atoms with Gasteiger partial charge in [-0.2, -0.15) is 0 Å². The van der Waals surface area contributed by atoms with E-state index in [4.69, 9.17) is 4.74 Å². The molecule has 0 radical (unpaired) electrons. The second kappa shape index (κ2) is 5.59. The van der Waals surface area contributed by atoms with Gasteiger partial charge in [0, 0.05) is 11.8 Å². The number of para-hydroxylation sites is 1. The number of aromatic nitrogens is 1. The first-order chi connectivity index (χ1) is 9.75. The molecule has 2 heterocycles. The zero-order chi connectivity index (χ0) is 13.9. The second-order valence-electron chi connectivity index (χ2n) is 5.02. The van der Waals surface area contributed by atoms with Crippen LogP contribution in [-0.4, -0.2) is 16.7 Å². The molecule has 1 aromatic heterocycles. The predicted molar refractivity (Wildman–Crippen MR) is 73.1 cm³/mol. The molecule has 0 aliphatic carbocycles. The molecule has 0 saturated carbocycles. The molecule has 0 spiro atoms. The van der Waals surface area contributed by atoms with Gasteiger partial charge in [-0.05, 0) is 36.5 Å². The average molecular weight is 273 g/mol. The largest absolute Gasteiger partial charge is 0.493 e. The van der Waals surface area contributed by atoms with Gasteiger partial charge in [0.15, 0.2) is 0 Å². The summed E-state index contributed by atoms with van der Waals surface area (Å²) in [5, 5.41) is 10.3. The number of benzene rings is 1. The van der Waals surface area contributed by atoms with Crippen LogP contribution in [0.2, 0.25) is 0 Å². The third kappa shape index (κ3) is 2.51. The maximum absolute atomic E-state index is 13.6. The average Bonchev–Trinajstić information content (AvgIpc) is 2.48. The lowest BCUT2D eigenvalue weighted by atomic mass is 9.87. The van der Waals surface area contributed by atoms with E-state index in [2.05, 4.69) is 4.98 Å². The fourth-order valence-corrected chi connectivity index (χ4v) is 2.71. The van der Waals surface area contributed by atoms with Crippen molar-refractivity contribution in [3.63, 3.8) is 0 Å². The number of hydrogen-bond acceptors (Lipinski definition) is 3. The van der Waals surface area contributed by atoms with Crippen molar-refractivity contribution in [3.8, 4) is 5.75 Å². The second-order valence-corrected chi connectivity index (χ2v) is 5.02. The van der Waals surface area contributed by atoms with Crippen molar-refractivity contribution in [1.29, 1.82) is 0 Å². The number of hydrogen-bond donors (Lipinski definition) is 1. The van der Waals surface area contributed by atoms with Crippen molar-refractivity contribution in [1.82, 2.24) is 4.98 Å². The van der Waals surface area contributed by atoms with E-state index < -0.39 is 11.9 Å². The van der Waals surface area contributed by atoms with E-state index in [1.54, 1.807) is 0 Å². The molecule has 1 aromatic carbocycles. The highest BCUT2D eigenvalue weighted by Crippen LogP contribution is 2.38. The van der Waals surface area contributed by atoms with Crippen molar-refractivity contribution in [2.24, 2.45) is 0 Å². The Morgan fingerprint density at radius 2 is 2.20 bits per heavy atom. The van der Waals surface area contributed by atoms with Crippen LogP contribution in [-0.2, 0) is 0 Å². The summed E-state index contributed by atoms with van der Waals surface area (Å²) in [5.41, 5.74) is 1.40. The summed E-state index contributed by atoms with van der Waals surface area (Å²) in [6.07, 6.45) is 3.13. The Balaban J connectivity index is 1.81. The summed E-state index contributed by atoms with van der Waals surface area (Å²) >= 11 is 0. The van der Waals surface area contributed by atoms with Crippen LogP contribution in [0.15, 0.2) is 42.7 Å². The van der Waals surface area contributed by atoms with Crippen LogP contribution < -0.4 is 4.74 Å². The monoisotopic (exact) mass is 273 g/mol. The minimum absolute atomic E-state index is 0.183. The van der Waals surface area contributed by atoms with E-state index in [0.717, 1.165) is 23.9 Å². The van der Waals surface area contributed by atoms with Crippen LogP contribution in [0, 0.1) is 5.82 Å². The Kier molecular flexibility index (Phi) is 3.65.